The molecule has 2 aliphatic carbocycles. The molecular weight excluding hydrogens is 547 g/mol. The molecule has 2 aromatic heterocycles. The van der Waals surface area contributed by atoms with E-state index < -0.39 is 5.79 Å². The van der Waals surface area contributed by atoms with Gasteiger partial charge < -0.3 is 19.1 Å². The van der Waals surface area contributed by atoms with E-state index in [1.807, 2.05) is 12.1 Å². The van der Waals surface area contributed by atoms with Gasteiger partial charge in [-0.3, -0.25) is 9.88 Å². The Morgan fingerprint density at radius 3 is 2.51 bits per heavy atom. The van der Waals surface area contributed by atoms with Gasteiger partial charge in [0.1, 0.15) is 17.9 Å². The van der Waals surface area contributed by atoms with E-state index in [0.717, 1.165) is 69.5 Å². The van der Waals surface area contributed by atoms with Crippen LogP contribution in [0.2, 0.25) is 0 Å². The number of rotatable bonds is 10. The molecule has 0 unspecified atom stereocenters. The molecule has 0 amide bonds. The molecule has 1 aromatic carbocycles. The van der Waals surface area contributed by atoms with Crippen molar-refractivity contribution in [1.29, 1.82) is 0 Å². The number of anilines is 1. The highest BCUT2D eigenvalue weighted by atomic mass is 19.1. The molecule has 0 N–H and O–H groups in total. The number of pyridine rings is 1. The van der Waals surface area contributed by atoms with Crippen molar-refractivity contribution >= 4 is 5.82 Å². The lowest BCUT2D eigenvalue weighted by Crippen LogP contribution is -2.66. The van der Waals surface area contributed by atoms with Crippen molar-refractivity contribution in [2.45, 2.75) is 63.7 Å². The maximum absolute atomic E-state index is 14.5. The second-order valence-corrected chi connectivity index (χ2v) is 13.3. The van der Waals surface area contributed by atoms with Crippen LogP contribution in [-0.4, -0.2) is 77.3 Å². The van der Waals surface area contributed by atoms with Crippen molar-refractivity contribution in [1.82, 2.24) is 25.1 Å². The second-order valence-electron chi connectivity index (χ2n) is 13.3. The second kappa shape index (κ2) is 11.1. The van der Waals surface area contributed by atoms with Gasteiger partial charge in [0.25, 0.3) is 5.88 Å². The summed E-state index contributed by atoms with van der Waals surface area (Å²) in [6.07, 6.45) is 8.44. The average Bonchev–Trinajstić information content (AvgIpc) is 3.73. The van der Waals surface area contributed by atoms with Crippen LogP contribution in [0.4, 0.5) is 10.2 Å². The summed E-state index contributed by atoms with van der Waals surface area (Å²) in [7, 11) is 3.49. The minimum Gasteiger partial charge on any atom is -0.434 e. The molecule has 10 heteroatoms. The van der Waals surface area contributed by atoms with Crippen LogP contribution in [0.3, 0.4) is 0 Å². The summed E-state index contributed by atoms with van der Waals surface area (Å²) in [6.45, 7) is 8.55. The van der Waals surface area contributed by atoms with Crippen molar-refractivity contribution < 1.29 is 18.6 Å². The third kappa shape index (κ3) is 5.27. The topological polar surface area (TPSA) is 85.7 Å². The molecule has 43 heavy (non-hydrogen) atoms. The smallest absolute Gasteiger partial charge is 0.282 e. The molecule has 7 rings (SSSR count). The normalized spacial score (nSPS) is 22.0. The summed E-state index contributed by atoms with van der Waals surface area (Å²) in [5, 5.41) is 8.40. The van der Waals surface area contributed by atoms with Crippen LogP contribution < -0.4 is 9.64 Å². The van der Waals surface area contributed by atoms with E-state index in [2.05, 4.69) is 43.8 Å². The molecule has 1 atom stereocenters. The SMILES string of the molecule is COC1(OC)CC([C@H](C(C)C)N2CC3(CCN(c4ncnnc4Oc4ccc(F)cc4-c4cccnc4C4CC4)C3)C2)C1. The first-order valence-electron chi connectivity index (χ1n) is 15.5. The van der Waals surface area contributed by atoms with Crippen LogP contribution in [0.5, 0.6) is 11.6 Å². The fraction of sp³-hybridized carbons (Fsp3) is 0.576. The van der Waals surface area contributed by atoms with E-state index in [4.69, 9.17) is 14.2 Å². The van der Waals surface area contributed by atoms with Gasteiger partial charge in [0, 0.05) is 87.9 Å². The number of nitrogens with zero attached hydrogens (tertiary/aromatic N) is 6. The van der Waals surface area contributed by atoms with E-state index >= 15 is 0 Å². The molecule has 2 saturated heterocycles. The zero-order valence-corrected chi connectivity index (χ0v) is 25.5. The van der Waals surface area contributed by atoms with Gasteiger partial charge >= 0.3 is 0 Å². The molecule has 228 valence electrons. The minimum atomic E-state index is -0.415. The number of benzene rings is 1. The Bertz CT molecular complexity index is 1460. The molecule has 0 bridgehead atoms. The van der Waals surface area contributed by atoms with Gasteiger partial charge in [-0.05, 0) is 55.4 Å². The third-order valence-electron chi connectivity index (χ3n) is 10.1. The summed E-state index contributed by atoms with van der Waals surface area (Å²) in [4.78, 5) is 14.2. The number of aromatic nitrogens is 4. The number of methoxy groups -OCH3 is 2. The van der Waals surface area contributed by atoms with Gasteiger partial charge in [0.2, 0.25) is 0 Å². The highest BCUT2D eigenvalue weighted by molar-refractivity contribution is 5.74. The van der Waals surface area contributed by atoms with E-state index in [0.29, 0.717) is 46.8 Å². The standard InChI is InChI=1S/C33H41FN6O3/c1-21(2)29(23-15-33(16-23,41-3)42-4)40-18-32(19-40)11-13-39(17-32)30-31(38-37-20-36-30)43-27-10-9-24(34)14-26(27)25-6-5-12-35-28(25)22-7-8-22/h5-6,9-10,12,14,20-23,29H,7-8,11,13,15-19H2,1-4H3/t29-/m0/s1. The Labute approximate surface area is 252 Å². The van der Waals surface area contributed by atoms with Gasteiger partial charge in [0.15, 0.2) is 11.6 Å². The summed E-state index contributed by atoms with van der Waals surface area (Å²) in [5.41, 5.74) is 2.77. The first-order chi connectivity index (χ1) is 20.8. The molecule has 4 fully saturated rings. The highest BCUT2D eigenvalue weighted by Gasteiger charge is 2.56. The summed E-state index contributed by atoms with van der Waals surface area (Å²) in [6, 6.07) is 8.99. The van der Waals surface area contributed by atoms with Gasteiger partial charge in [0.05, 0.1) is 5.69 Å². The molecule has 9 nitrogen and oxygen atoms in total. The maximum atomic E-state index is 14.5. The first-order valence-corrected chi connectivity index (χ1v) is 15.5. The lowest BCUT2D eigenvalue weighted by molar-refractivity contribution is -0.282. The quantitative estimate of drug-likeness (QED) is 0.278. The molecular formula is C33H41FN6O3. The van der Waals surface area contributed by atoms with Crippen molar-refractivity contribution in [3.05, 3.63) is 54.4 Å². The first kappa shape index (κ1) is 28.6. The number of halogens is 1. The van der Waals surface area contributed by atoms with Crippen LogP contribution >= 0.6 is 0 Å². The number of ether oxygens (including phenoxy) is 3. The maximum Gasteiger partial charge on any atom is 0.282 e. The molecule has 4 aliphatic rings. The fourth-order valence-electron chi connectivity index (χ4n) is 7.84. The largest absolute Gasteiger partial charge is 0.434 e. The predicted octanol–water partition coefficient (Wildman–Crippen LogP) is 5.68. The van der Waals surface area contributed by atoms with Crippen LogP contribution in [0.15, 0.2) is 42.9 Å². The van der Waals surface area contributed by atoms with Crippen molar-refractivity contribution in [3.8, 4) is 22.8 Å². The predicted molar refractivity (Wildman–Crippen MR) is 160 cm³/mol. The molecule has 3 aromatic rings. The Morgan fingerprint density at radius 1 is 1.00 bits per heavy atom. The van der Waals surface area contributed by atoms with Gasteiger partial charge in [-0.2, -0.15) is 0 Å². The average molecular weight is 589 g/mol. The van der Waals surface area contributed by atoms with Crippen LogP contribution in [0.25, 0.3) is 11.1 Å². The van der Waals surface area contributed by atoms with E-state index in [1.165, 1.54) is 18.5 Å². The van der Waals surface area contributed by atoms with E-state index in [9.17, 15) is 4.39 Å². The zero-order valence-electron chi connectivity index (χ0n) is 25.5. The van der Waals surface area contributed by atoms with Crippen molar-refractivity contribution in [2.75, 3.05) is 45.3 Å². The van der Waals surface area contributed by atoms with Crippen LogP contribution in [0.1, 0.15) is 57.6 Å². The molecule has 1 spiro atoms. The molecule has 0 radical (unpaired) electrons. The molecule has 4 heterocycles. The fourth-order valence-corrected chi connectivity index (χ4v) is 7.84. The van der Waals surface area contributed by atoms with E-state index in [1.54, 1.807) is 26.5 Å². The monoisotopic (exact) mass is 588 g/mol. The van der Waals surface area contributed by atoms with Crippen LogP contribution in [-0.2, 0) is 9.47 Å². The van der Waals surface area contributed by atoms with Gasteiger partial charge in [-0.25, -0.2) is 9.37 Å². The number of hydrogen-bond donors (Lipinski definition) is 0. The van der Waals surface area contributed by atoms with Gasteiger partial charge in [-0.15, -0.1) is 10.2 Å². The Hall–Kier alpha value is -3.21. The number of hydrogen-bond acceptors (Lipinski definition) is 9. The molecule has 2 saturated carbocycles. The highest BCUT2D eigenvalue weighted by Crippen LogP contribution is 2.51. The van der Waals surface area contributed by atoms with Gasteiger partial charge in [-0.1, -0.05) is 19.9 Å². The Kier molecular flexibility index (Phi) is 7.34. The Balaban J connectivity index is 1.07. The molecule has 2 aliphatic heterocycles. The minimum absolute atomic E-state index is 0.217. The number of likely N-dealkylation sites (tertiary alicyclic amines) is 1. The Morgan fingerprint density at radius 2 is 1.79 bits per heavy atom. The van der Waals surface area contributed by atoms with Crippen molar-refractivity contribution in [2.24, 2.45) is 17.3 Å². The van der Waals surface area contributed by atoms with Crippen LogP contribution in [0, 0.1) is 23.1 Å². The lowest BCUT2D eigenvalue weighted by atomic mass is 9.67. The summed E-state index contributed by atoms with van der Waals surface area (Å²) in [5.74, 6) is 2.34. The summed E-state index contributed by atoms with van der Waals surface area (Å²) < 4.78 is 32.3. The lowest BCUT2D eigenvalue weighted by Gasteiger charge is -2.58. The van der Waals surface area contributed by atoms with E-state index in [-0.39, 0.29) is 11.2 Å². The summed E-state index contributed by atoms with van der Waals surface area (Å²) >= 11 is 0. The zero-order chi connectivity index (χ0) is 29.8. The third-order valence-corrected chi connectivity index (χ3v) is 10.1. The van der Waals surface area contributed by atoms with Crippen molar-refractivity contribution in [3.63, 3.8) is 0 Å².